The molecule has 0 spiro atoms. The highest BCUT2D eigenvalue weighted by molar-refractivity contribution is 5.85. The highest BCUT2D eigenvalue weighted by atomic mass is 35.5. The van der Waals surface area contributed by atoms with Crippen LogP contribution in [0.15, 0.2) is 30.3 Å². The summed E-state index contributed by atoms with van der Waals surface area (Å²) in [4.78, 5) is 12.0. The van der Waals surface area contributed by atoms with Crippen LogP contribution in [0.5, 0.6) is 0 Å². The molecule has 0 aromatic heterocycles. The second-order valence-electron chi connectivity index (χ2n) is 4.23. The lowest BCUT2D eigenvalue weighted by Gasteiger charge is -2.18. The van der Waals surface area contributed by atoms with Crippen LogP contribution in [-0.2, 0) is 9.53 Å². The van der Waals surface area contributed by atoms with Crippen molar-refractivity contribution in [2.45, 2.75) is 26.0 Å². The molecule has 0 aliphatic rings. The Morgan fingerprint density at radius 3 is 2.47 bits per heavy atom. The number of benzene rings is 1. The number of ether oxygens (including phenoxy) is 1. The minimum Gasteiger partial charge on any atom is -0.367 e. The topological polar surface area (TPSA) is 50.4 Å². The molecule has 1 aromatic carbocycles. The van der Waals surface area contributed by atoms with Gasteiger partial charge in [0.2, 0.25) is 0 Å². The van der Waals surface area contributed by atoms with Crippen LogP contribution in [0.25, 0.3) is 0 Å². The van der Waals surface area contributed by atoms with Crippen LogP contribution in [0, 0.1) is 0 Å². The highest BCUT2D eigenvalue weighted by Crippen LogP contribution is 2.15. The average Bonchev–Trinajstić information content (AvgIpc) is 2.39. The van der Waals surface area contributed by atoms with E-state index in [2.05, 4.69) is 10.6 Å². The molecule has 0 heterocycles. The van der Waals surface area contributed by atoms with Crippen LogP contribution >= 0.6 is 12.4 Å². The van der Waals surface area contributed by atoms with Crippen molar-refractivity contribution in [2.24, 2.45) is 0 Å². The Labute approximate surface area is 121 Å². The quantitative estimate of drug-likeness (QED) is 0.805. The molecule has 108 valence electrons. The van der Waals surface area contributed by atoms with E-state index in [0.29, 0.717) is 6.54 Å². The molecule has 4 nitrogen and oxygen atoms in total. The summed E-state index contributed by atoms with van der Waals surface area (Å²) in [6, 6.07) is 9.75. The largest absolute Gasteiger partial charge is 0.367 e. The third-order valence-corrected chi connectivity index (χ3v) is 2.71. The molecular weight excluding hydrogens is 264 g/mol. The predicted molar refractivity (Wildman–Crippen MR) is 79.6 cm³/mol. The minimum atomic E-state index is -0.542. The van der Waals surface area contributed by atoms with Gasteiger partial charge in [0.15, 0.2) is 6.10 Å². The van der Waals surface area contributed by atoms with Crippen molar-refractivity contribution in [3.63, 3.8) is 0 Å². The Morgan fingerprint density at radius 1 is 1.32 bits per heavy atom. The molecule has 0 bridgehead atoms. The smallest absolute Gasteiger partial charge is 0.253 e. The van der Waals surface area contributed by atoms with Gasteiger partial charge < -0.3 is 15.4 Å². The fourth-order valence-electron chi connectivity index (χ4n) is 1.79. The molecule has 0 saturated heterocycles. The van der Waals surface area contributed by atoms with Gasteiger partial charge in [0.1, 0.15) is 0 Å². The maximum atomic E-state index is 12.0. The Kier molecular flexibility index (Phi) is 9.21. The van der Waals surface area contributed by atoms with Crippen LogP contribution < -0.4 is 10.6 Å². The average molecular weight is 287 g/mol. The van der Waals surface area contributed by atoms with Gasteiger partial charge in [-0.1, -0.05) is 37.3 Å². The van der Waals surface area contributed by atoms with Crippen LogP contribution in [0.3, 0.4) is 0 Å². The molecular formula is C14H23ClN2O2. The van der Waals surface area contributed by atoms with Crippen LogP contribution in [0.2, 0.25) is 0 Å². The van der Waals surface area contributed by atoms with E-state index in [0.717, 1.165) is 12.1 Å². The van der Waals surface area contributed by atoms with Crippen LogP contribution in [-0.4, -0.2) is 32.1 Å². The van der Waals surface area contributed by atoms with Crippen molar-refractivity contribution >= 4 is 18.3 Å². The number of hydrogen-bond donors (Lipinski definition) is 2. The van der Waals surface area contributed by atoms with Crippen molar-refractivity contribution in [2.75, 3.05) is 20.2 Å². The van der Waals surface area contributed by atoms with E-state index < -0.39 is 6.10 Å². The summed E-state index contributed by atoms with van der Waals surface area (Å²) in [5.74, 6) is -0.103. The summed E-state index contributed by atoms with van der Waals surface area (Å²) in [7, 11) is 1.55. The lowest BCUT2D eigenvalue weighted by atomic mass is 10.1. The van der Waals surface area contributed by atoms with Crippen molar-refractivity contribution < 1.29 is 9.53 Å². The molecule has 2 atom stereocenters. The zero-order chi connectivity index (χ0) is 13.4. The fraction of sp³-hybridized carbons (Fsp3) is 0.500. The molecule has 0 saturated carbocycles. The first-order chi connectivity index (χ1) is 8.69. The SMILES string of the molecule is CCN[C@H](C)CNC(=O)C(OC)c1ccccc1.Cl. The summed E-state index contributed by atoms with van der Waals surface area (Å²) in [6.45, 7) is 5.57. The van der Waals surface area contributed by atoms with Gasteiger partial charge in [0.25, 0.3) is 5.91 Å². The maximum absolute atomic E-state index is 12.0. The number of rotatable bonds is 7. The van der Waals surface area contributed by atoms with E-state index in [1.54, 1.807) is 7.11 Å². The molecule has 0 radical (unpaired) electrons. The second-order valence-corrected chi connectivity index (χ2v) is 4.23. The Bertz CT molecular complexity index is 360. The van der Waals surface area contributed by atoms with E-state index in [4.69, 9.17) is 4.74 Å². The molecule has 0 fully saturated rings. The van der Waals surface area contributed by atoms with Crippen LogP contribution in [0.4, 0.5) is 0 Å². The molecule has 0 aliphatic carbocycles. The number of amides is 1. The van der Waals surface area contributed by atoms with E-state index in [1.807, 2.05) is 44.2 Å². The number of nitrogens with one attached hydrogen (secondary N) is 2. The molecule has 19 heavy (non-hydrogen) atoms. The first-order valence-corrected chi connectivity index (χ1v) is 6.27. The molecule has 0 aliphatic heterocycles. The van der Waals surface area contributed by atoms with E-state index in [-0.39, 0.29) is 24.4 Å². The van der Waals surface area contributed by atoms with Crippen molar-refractivity contribution in [1.29, 1.82) is 0 Å². The third-order valence-electron chi connectivity index (χ3n) is 2.71. The molecule has 1 rings (SSSR count). The first-order valence-electron chi connectivity index (χ1n) is 6.27. The van der Waals surface area contributed by atoms with Gasteiger partial charge in [-0.05, 0) is 19.0 Å². The number of likely N-dealkylation sites (N-methyl/N-ethyl adjacent to an activating group) is 1. The Balaban J connectivity index is 0.00000324. The third kappa shape index (κ3) is 6.05. The van der Waals surface area contributed by atoms with Crippen molar-refractivity contribution in [1.82, 2.24) is 10.6 Å². The predicted octanol–water partition coefficient (Wildman–Crippen LogP) is 1.91. The number of carbonyl (C=O) groups is 1. The van der Waals surface area contributed by atoms with Gasteiger partial charge in [0, 0.05) is 19.7 Å². The highest BCUT2D eigenvalue weighted by Gasteiger charge is 2.19. The monoisotopic (exact) mass is 286 g/mol. The summed E-state index contributed by atoms with van der Waals surface area (Å²) in [5.41, 5.74) is 0.869. The Morgan fingerprint density at radius 2 is 1.95 bits per heavy atom. The first kappa shape index (κ1) is 17.9. The van der Waals surface area contributed by atoms with Crippen molar-refractivity contribution in [3.05, 3.63) is 35.9 Å². The molecule has 1 aromatic rings. The number of methoxy groups -OCH3 is 1. The summed E-state index contributed by atoms with van der Waals surface area (Å²) >= 11 is 0. The zero-order valence-electron chi connectivity index (χ0n) is 11.7. The summed E-state index contributed by atoms with van der Waals surface area (Å²) in [6.07, 6.45) is -0.542. The molecule has 2 N–H and O–H groups in total. The van der Waals surface area contributed by atoms with Gasteiger partial charge in [-0.25, -0.2) is 0 Å². The van der Waals surface area contributed by atoms with E-state index in [9.17, 15) is 4.79 Å². The zero-order valence-corrected chi connectivity index (χ0v) is 12.5. The van der Waals surface area contributed by atoms with Crippen molar-refractivity contribution in [3.8, 4) is 0 Å². The molecule has 5 heteroatoms. The van der Waals surface area contributed by atoms with Gasteiger partial charge in [0.05, 0.1) is 0 Å². The number of carbonyl (C=O) groups excluding carboxylic acids is 1. The lowest BCUT2D eigenvalue weighted by molar-refractivity contribution is -0.131. The lowest BCUT2D eigenvalue weighted by Crippen LogP contribution is -2.40. The number of hydrogen-bond acceptors (Lipinski definition) is 3. The summed E-state index contributed by atoms with van der Waals surface area (Å²) < 4.78 is 5.26. The summed E-state index contributed by atoms with van der Waals surface area (Å²) in [5, 5.41) is 6.13. The van der Waals surface area contributed by atoms with E-state index in [1.165, 1.54) is 0 Å². The normalized spacial score (nSPS) is 13.2. The standard InChI is InChI=1S/C14H22N2O2.ClH/c1-4-15-11(2)10-16-14(17)13(18-3)12-8-6-5-7-9-12;/h5-9,11,13,15H,4,10H2,1-3H3,(H,16,17);1H/t11-,13?;/m1./s1. The molecule has 1 amide bonds. The Hall–Kier alpha value is -1.10. The maximum Gasteiger partial charge on any atom is 0.253 e. The second kappa shape index (κ2) is 9.78. The van der Waals surface area contributed by atoms with E-state index >= 15 is 0 Å². The van der Waals surface area contributed by atoms with Crippen LogP contribution in [0.1, 0.15) is 25.5 Å². The van der Waals surface area contributed by atoms with Gasteiger partial charge in [-0.3, -0.25) is 4.79 Å². The van der Waals surface area contributed by atoms with Gasteiger partial charge in [-0.2, -0.15) is 0 Å². The molecule has 1 unspecified atom stereocenters. The fourth-order valence-corrected chi connectivity index (χ4v) is 1.79. The minimum absolute atomic E-state index is 0. The van der Waals surface area contributed by atoms with Gasteiger partial charge in [-0.15, -0.1) is 12.4 Å². The number of halogens is 1. The van der Waals surface area contributed by atoms with Gasteiger partial charge >= 0.3 is 0 Å².